The van der Waals surface area contributed by atoms with Gasteiger partial charge in [0.2, 0.25) is 0 Å². The average molecular weight is 422 g/mol. The van der Waals surface area contributed by atoms with Gasteiger partial charge in [-0.2, -0.15) is 4.67 Å². The van der Waals surface area contributed by atoms with Crippen LogP contribution in [0.3, 0.4) is 0 Å². The highest BCUT2D eigenvalue weighted by Crippen LogP contribution is 2.56. The Kier molecular flexibility index (Phi) is 6.84. The third-order valence-electron chi connectivity index (χ3n) is 4.58. The van der Waals surface area contributed by atoms with E-state index >= 15 is 0 Å². The topological polar surface area (TPSA) is 108 Å². The highest BCUT2D eigenvalue weighted by atomic mass is 31.2. The Morgan fingerprint density at radius 2 is 2.10 bits per heavy atom. The Morgan fingerprint density at radius 3 is 2.72 bits per heavy atom. The Labute approximate surface area is 168 Å². The second kappa shape index (κ2) is 9.35. The molecule has 2 unspecified atom stereocenters. The molecule has 1 saturated heterocycles. The van der Waals surface area contributed by atoms with Crippen molar-refractivity contribution in [3.8, 4) is 5.75 Å². The van der Waals surface area contributed by atoms with Crippen molar-refractivity contribution in [2.24, 2.45) is 0 Å². The first-order valence-electron chi connectivity index (χ1n) is 9.42. The van der Waals surface area contributed by atoms with Crippen LogP contribution >= 0.6 is 7.75 Å². The van der Waals surface area contributed by atoms with E-state index in [0.29, 0.717) is 25.1 Å². The van der Waals surface area contributed by atoms with Crippen LogP contribution in [0.1, 0.15) is 26.2 Å². The lowest BCUT2D eigenvalue weighted by atomic mass is 10.1. The minimum atomic E-state index is -3.95. The van der Waals surface area contributed by atoms with Crippen LogP contribution in [0.15, 0.2) is 54.3 Å². The lowest BCUT2D eigenvalue weighted by molar-refractivity contribution is -0.419. The molecule has 0 N–H and O–H groups in total. The van der Waals surface area contributed by atoms with Gasteiger partial charge < -0.3 is 9.26 Å². The van der Waals surface area contributed by atoms with Crippen LogP contribution in [0.5, 0.6) is 5.75 Å². The molecule has 1 heterocycles. The molecule has 9 nitrogen and oxygen atoms in total. The van der Waals surface area contributed by atoms with Gasteiger partial charge in [0, 0.05) is 19.0 Å². The maximum absolute atomic E-state index is 13.9. The fourth-order valence-corrected chi connectivity index (χ4v) is 5.34. The van der Waals surface area contributed by atoms with E-state index in [-0.39, 0.29) is 18.7 Å². The Hall–Kier alpha value is -2.48. The van der Waals surface area contributed by atoms with Crippen LogP contribution in [0, 0.1) is 10.1 Å². The van der Waals surface area contributed by atoms with E-state index in [2.05, 4.69) is 0 Å². The van der Waals surface area contributed by atoms with Gasteiger partial charge in [0.05, 0.1) is 17.6 Å². The molecular weight excluding hydrogens is 399 g/mol. The molecule has 156 valence electrons. The first-order valence-corrected chi connectivity index (χ1v) is 10.9. The molecule has 1 fully saturated rings. The Bertz CT molecular complexity index is 855. The first-order chi connectivity index (χ1) is 13.9. The van der Waals surface area contributed by atoms with E-state index in [1.807, 2.05) is 0 Å². The molecule has 29 heavy (non-hydrogen) atoms. The highest BCUT2D eigenvalue weighted by Gasteiger charge is 2.47. The summed E-state index contributed by atoms with van der Waals surface area (Å²) >= 11 is 0. The van der Waals surface area contributed by atoms with Gasteiger partial charge in [-0.1, -0.05) is 18.2 Å². The molecule has 1 aromatic carbocycles. The van der Waals surface area contributed by atoms with Gasteiger partial charge in [-0.15, -0.1) is 0 Å². The highest BCUT2D eigenvalue weighted by molar-refractivity contribution is 7.51. The van der Waals surface area contributed by atoms with Crippen molar-refractivity contribution in [2.75, 3.05) is 13.2 Å². The summed E-state index contributed by atoms with van der Waals surface area (Å²) in [5.74, 6) is -0.133. The number of rotatable bonds is 8. The minimum Gasteiger partial charge on any atom is -0.465 e. The van der Waals surface area contributed by atoms with E-state index in [1.165, 1.54) is 22.9 Å². The summed E-state index contributed by atoms with van der Waals surface area (Å²) in [5.41, 5.74) is -0.0470. The van der Waals surface area contributed by atoms with Gasteiger partial charge in [0.15, 0.2) is 0 Å². The number of para-hydroxylation sites is 1. The maximum atomic E-state index is 13.9. The summed E-state index contributed by atoms with van der Waals surface area (Å²) in [6.07, 6.45) is 4.81. The lowest BCUT2D eigenvalue weighted by Crippen LogP contribution is -2.37. The van der Waals surface area contributed by atoms with Crippen molar-refractivity contribution in [2.45, 2.75) is 38.3 Å². The number of carbonyl (C=O) groups is 1. The number of esters is 1. The van der Waals surface area contributed by atoms with Crippen LogP contribution < -0.4 is 4.52 Å². The van der Waals surface area contributed by atoms with Crippen LogP contribution in [-0.4, -0.2) is 40.9 Å². The molecule has 3 rings (SSSR count). The number of benzene rings is 1. The normalized spacial score (nSPS) is 23.8. The molecule has 1 aromatic rings. The number of allylic oxidation sites excluding steroid dienone is 1. The summed E-state index contributed by atoms with van der Waals surface area (Å²) in [4.78, 5) is 22.8. The van der Waals surface area contributed by atoms with Gasteiger partial charge in [-0.05, 0) is 44.1 Å². The number of carbonyl (C=O) groups excluding carboxylic acids is 1. The van der Waals surface area contributed by atoms with E-state index in [1.54, 1.807) is 37.3 Å². The Balaban J connectivity index is 1.84. The van der Waals surface area contributed by atoms with Crippen molar-refractivity contribution in [1.82, 2.24) is 4.67 Å². The van der Waals surface area contributed by atoms with Gasteiger partial charge in [0.25, 0.3) is 5.70 Å². The summed E-state index contributed by atoms with van der Waals surface area (Å²) in [6.45, 7) is 2.27. The fraction of sp³-hybridized carbons (Fsp3) is 0.421. The summed E-state index contributed by atoms with van der Waals surface area (Å²) in [5, 5.41) is 10.9. The van der Waals surface area contributed by atoms with Crippen LogP contribution in [0.4, 0.5) is 0 Å². The fourth-order valence-electron chi connectivity index (χ4n) is 3.25. The van der Waals surface area contributed by atoms with Gasteiger partial charge >= 0.3 is 13.7 Å². The van der Waals surface area contributed by atoms with E-state index in [4.69, 9.17) is 13.8 Å². The summed E-state index contributed by atoms with van der Waals surface area (Å²) < 4.78 is 32.1. The predicted octanol–water partition coefficient (Wildman–Crippen LogP) is 3.71. The van der Waals surface area contributed by atoms with Gasteiger partial charge in [0.1, 0.15) is 11.8 Å². The molecule has 0 bridgehead atoms. The number of hydrogen-bond donors (Lipinski definition) is 0. The monoisotopic (exact) mass is 422 g/mol. The van der Waals surface area contributed by atoms with Gasteiger partial charge in [-0.25, -0.2) is 4.57 Å². The van der Waals surface area contributed by atoms with Crippen molar-refractivity contribution in [3.05, 3.63) is 64.4 Å². The number of nitrogens with zero attached hydrogens (tertiary/aromatic N) is 2. The molecule has 3 atom stereocenters. The zero-order chi connectivity index (χ0) is 20.9. The molecule has 0 radical (unpaired) electrons. The number of nitro groups is 1. The molecule has 1 aliphatic carbocycles. The van der Waals surface area contributed by atoms with Crippen molar-refractivity contribution in [3.63, 3.8) is 0 Å². The van der Waals surface area contributed by atoms with Crippen molar-refractivity contribution < 1.29 is 28.1 Å². The first kappa shape index (κ1) is 21.2. The standard InChI is InChI=1S/C19H23N2O7P/c1-2-26-19(22)18-9-6-14-20(18)29(25,27-16-7-4-3-5-8-16)28-17-12-10-15(11-13-17)21(23)24/h3-5,7-8,10-12,17-18H,2,6,9,13-14H2,1H3/t17?,18-,29?/m0/s1. The van der Waals surface area contributed by atoms with Crippen molar-refractivity contribution in [1.29, 1.82) is 0 Å². The number of ether oxygens (including phenoxy) is 1. The molecule has 1 aliphatic heterocycles. The molecule has 2 aliphatic rings. The molecule has 0 spiro atoms. The third kappa shape index (κ3) is 5.12. The molecule has 0 saturated carbocycles. The summed E-state index contributed by atoms with van der Waals surface area (Å²) in [6, 6.07) is 7.82. The van der Waals surface area contributed by atoms with E-state index in [0.717, 1.165) is 0 Å². The van der Waals surface area contributed by atoms with E-state index < -0.39 is 30.8 Å². The van der Waals surface area contributed by atoms with Crippen LogP contribution in [0.25, 0.3) is 0 Å². The molecule has 0 amide bonds. The quantitative estimate of drug-likeness (QED) is 0.270. The van der Waals surface area contributed by atoms with Gasteiger partial charge in [-0.3, -0.25) is 19.4 Å². The second-order valence-corrected chi connectivity index (χ2v) is 8.42. The lowest BCUT2D eigenvalue weighted by Gasteiger charge is -2.32. The SMILES string of the molecule is CCOC(=O)[C@@H]1CCCN1P(=O)(Oc1ccccc1)OC1C=CC([N+](=O)[O-])=CC1. The van der Waals surface area contributed by atoms with Crippen LogP contribution in [-0.2, 0) is 18.6 Å². The minimum absolute atomic E-state index is 0.0470. The average Bonchev–Trinajstić information content (AvgIpc) is 3.20. The summed E-state index contributed by atoms with van der Waals surface area (Å²) in [7, 11) is -3.95. The van der Waals surface area contributed by atoms with Crippen molar-refractivity contribution >= 4 is 13.7 Å². The largest absolute Gasteiger partial charge is 0.465 e. The predicted molar refractivity (Wildman–Crippen MR) is 105 cm³/mol. The number of hydrogen-bond acceptors (Lipinski definition) is 7. The second-order valence-electron chi connectivity index (χ2n) is 6.57. The Morgan fingerprint density at radius 1 is 1.34 bits per heavy atom. The maximum Gasteiger partial charge on any atom is 0.462 e. The molecular formula is C19H23N2O7P. The van der Waals surface area contributed by atoms with Crippen LogP contribution in [0.2, 0.25) is 0 Å². The third-order valence-corrected chi connectivity index (χ3v) is 6.67. The molecule has 0 aromatic heterocycles. The van der Waals surface area contributed by atoms with E-state index in [9.17, 15) is 19.5 Å². The molecule has 10 heteroatoms. The smallest absolute Gasteiger partial charge is 0.462 e. The zero-order valence-electron chi connectivity index (χ0n) is 16.0. The zero-order valence-corrected chi connectivity index (χ0v) is 16.9.